The van der Waals surface area contributed by atoms with Gasteiger partial charge in [0.15, 0.2) is 11.5 Å². The van der Waals surface area contributed by atoms with Gasteiger partial charge in [-0.3, -0.25) is 10.1 Å². The van der Waals surface area contributed by atoms with Crippen molar-refractivity contribution < 1.29 is 14.4 Å². The number of para-hydroxylation sites is 2. The lowest BCUT2D eigenvalue weighted by atomic mass is 9.95. The Bertz CT molecular complexity index is 746. The van der Waals surface area contributed by atoms with Gasteiger partial charge in [-0.1, -0.05) is 32.0 Å². The minimum atomic E-state index is -0.371. The number of hydrogen-bond donors (Lipinski definition) is 1. The second-order valence-electron chi connectivity index (χ2n) is 6.04. The van der Waals surface area contributed by atoms with Gasteiger partial charge in [-0.15, -0.1) is 0 Å². The zero-order chi connectivity index (χ0) is 17.1. The van der Waals surface area contributed by atoms with Crippen molar-refractivity contribution >= 4 is 11.4 Å². The van der Waals surface area contributed by atoms with Crippen molar-refractivity contribution in [3.05, 3.63) is 58.1 Å². The second-order valence-corrected chi connectivity index (χ2v) is 6.04. The molecular weight excluding hydrogens is 308 g/mol. The Morgan fingerprint density at radius 1 is 1.08 bits per heavy atom. The van der Waals surface area contributed by atoms with Crippen LogP contribution in [0.1, 0.15) is 25.5 Å². The van der Waals surface area contributed by atoms with Gasteiger partial charge in [-0.2, -0.15) is 0 Å². The molecule has 2 aromatic carbocycles. The zero-order valence-corrected chi connectivity index (χ0v) is 13.7. The summed E-state index contributed by atoms with van der Waals surface area (Å²) in [6.07, 6.45) is 0. The molecule has 1 aliphatic heterocycles. The molecule has 0 saturated heterocycles. The third-order valence-electron chi connectivity index (χ3n) is 4.00. The van der Waals surface area contributed by atoms with Gasteiger partial charge >= 0.3 is 0 Å². The van der Waals surface area contributed by atoms with Crippen molar-refractivity contribution in [2.24, 2.45) is 5.92 Å². The van der Waals surface area contributed by atoms with Crippen molar-refractivity contribution in [2.45, 2.75) is 19.9 Å². The number of fused-ring (bicyclic) bond motifs is 1. The van der Waals surface area contributed by atoms with Gasteiger partial charge < -0.3 is 14.8 Å². The molecule has 0 aliphatic carbocycles. The molecule has 1 heterocycles. The summed E-state index contributed by atoms with van der Waals surface area (Å²) >= 11 is 0. The third-order valence-corrected chi connectivity index (χ3v) is 4.00. The Morgan fingerprint density at radius 2 is 1.79 bits per heavy atom. The van der Waals surface area contributed by atoms with Crippen LogP contribution in [-0.2, 0) is 0 Å². The molecule has 0 spiro atoms. The van der Waals surface area contributed by atoms with Crippen LogP contribution in [0, 0.1) is 16.0 Å². The van der Waals surface area contributed by atoms with Crippen LogP contribution in [0.15, 0.2) is 42.5 Å². The molecule has 1 atom stereocenters. The first-order valence-corrected chi connectivity index (χ1v) is 7.96. The maximum Gasteiger partial charge on any atom is 0.292 e. The van der Waals surface area contributed by atoms with Crippen LogP contribution >= 0.6 is 0 Å². The van der Waals surface area contributed by atoms with E-state index in [9.17, 15) is 10.1 Å². The normalized spacial score (nSPS) is 14.3. The molecule has 1 unspecified atom stereocenters. The van der Waals surface area contributed by atoms with Crippen molar-refractivity contribution in [2.75, 3.05) is 18.5 Å². The topological polar surface area (TPSA) is 73.6 Å². The fraction of sp³-hybridized carbons (Fsp3) is 0.333. The molecule has 6 nitrogen and oxygen atoms in total. The third kappa shape index (κ3) is 3.27. The number of hydrogen-bond acceptors (Lipinski definition) is 5. The predicted octanol–water partition coefficient (Wildman–Crippen LogP) is 4.18. The molecule has 1 aliphatic rings. The Labute approximate surface area is 140 Å². The van der Waals surface area contributed by atoms with E-state index in [0.29, 0.717) is 24.7 Å². The van der Waals surface area contributed by atoms with E-state index in [2.05, 4.69) is 19.2 Å². The molecule has 126 valence electrons. The molecule has 0 bridgehead atoms. The molecule has 0 saturated carbocycles. The van der Waals surface area contributed by atoms with Crippen LogP contribution in [-0.4, -0.2) is 18.1 Å². The Kier molecular flexibility index (Phi) is 4.55. The van der Waals surface area contributed by atoms with Crippen LogP contribution in [0.4, 0.5) is 11.4 Å². The van der Waals surface area contributed by atoms with Gasteiger partial charge in [-0.25, -0.2) is 0 Å². The number of nitro benzene ring substituents is 1. The maximum atomic E-state index is 11.2. The number of anilines is 1. The molecular formula is C18H20N2O4. The standard InChI is InChI=1S/C18H20N2O4/c1-12(2)18(19-14-5-3-4-6-15(14)20(21)22)13-7-8-16-17(11-13)24-10-9-23-16/h3-8,11-12,18-19H,9-10H2,1-2H3. The Hall–Kier alpha value is -2.76. The van der Waals surface area contributed by atoms with E-state index < -0.39 is 0 Å². The van der Waals surface area contributed by atoms with Crippen molar-refractivity contribution in [3.8, 4) is 11.5 Å². The van der Waals surface area contributed by atoms with E-state index in [1.807, 2.05) is 18.2 Å². The van der Waals surface area contributed by atoms with Gasteiger partial charge in [-0.05, 0) is 29.7 Å². The summed E-state index contributed by atoms with van der Waals surface area (Å²) in [6.45, 7) is 5.22. The molecule has 2 aromatic rings. The number of benzene rings is 2. The number of nitrogens with zero attached hydrogens (tertiary/aromatic N) is 1. The monoisotopic (exact) mass is 328 g/mol. The molecule has 0 fully saturated rings. The molecule has 0 amide bonds. The van der Waals surface area contributed by atoms with Gasteiger partial charge in [0.25, 0.3) is 5.69 Å². The summed E-state index contributed by atoms with van der Waals surface area (Å²) in [6, 6.07) is 12.4. The minimum Gasteiger partial charge on any atom is -0.486 e. The van der Waals surface area contributed by atoms with Crippen LogP contribution in [0.2, 0.25) is 0 Å². The maximum absolute atomic E-state index is 11.2. The van der Waals surface area contributed by atoms with E-state index in [-0.39, 0.29) is 22.6 Å². The molecule has 1 N–H and O–H groups in total. The molecule has 6 heteroatoms. The Balaban J connectivity index is 1.92. The van der Waals surface area contributed by atoms with Crippen molar-refractivity contribution in [1.82, 2.24) is 0 Å². The molecule has 0 radical (unpaired) electrons. The number of nitrogens with one attached hydrogen (secondary N) is 1. The Morgan fingerprint density at radius 3 is 2.50 bits per heavy atom. The summed E-state index contributed by atoms with van der Waals surface area (Å²) in [5.74, 6) is 1.68. The van der Waals surface area contributed by atoms with Crippen LogP contribution in [0.25, 0.3) is 0 Å². The number of ether oxygens (including phenoxy) is 2. The van der Waals surface area contributed by atoms with E-state index in [1.165, 1.54) is 6.07 Å². The lowest BCUT2D eigenvalue weighted by Crippen LogP contribution is -2.19. The first kappa shape index (κ1) is 16.1. The summed E-state index contributed by atoms with van der Waals surface area (Å²) in [7, 11) is 0. The summed E-state index contributed by atoms with van der Waals surface area (Å²) in [4.78, 5) is 10.9. The van der Waals surface area contributed by atoms with Crippen LogP contribution in [0.3, 0.4) is 0 Å². The summed E-state index contributed by atoms with van der Waals surface area (Å²) in [5, 5.41) is 14.5. The zero-order valence-electron chi connectivity index (χ0n) is 13.7. The highest BCUT2D eigenvalue weighted by atomic mass is 16.6. The molecule has 3 rings (SSSR count). The average Bonchev–Trinajstić information content (AvgIpc) is 2.59. The summed E-state index contributed by atoms with van der Waals surface area (Å²) < 4.78 is 11.2. The van der Waals surface area contributed by atoms with E-state index in [1.54, 1.807) is 18.2 Å². The van der Waals surface area contributed by atoms with Crippen LogP contribution in [0.5, 0.6) is 11.5 Å². The van der Waals surface area contributed by atoms with Crippen molar-refractivity contribution in [3.63, 3.8) is 0 Å². The number of rotatable bonds is 5. The first-order valence-electron chi connectivity index (χ1n) is 7.96. The lowest BCUT2D eigenvalue weighted by molar-refractivity contribution is -0.384. The van der Waals surface area contributed by atoms with E-state index in [4.69, 9.17) is 9.47 Å². The second kappa shape index (κ2) is 6.78. The van der Waals surface area contributed by atoms with E-state index in [0.717, 1.165) is 11.3 Å². The average molecular weight is 328 g/mol. The van der Waals surface area contributed by atoms with Gasteiger partial charge in [0.05, 0.1) is 11.0 Å². The van der Waals surface area contributed by atoms with Gasteiger partial charge in [0.1, 0.15) is 18.9 Å². The van der Waals surface area contributed by atoms with Gasteiger partial charge in [0.2, 0.25) is 0 Å². The highest BCUT2D eigenvalue weighted by Crippen LogP contribution is 2.37. The quantitative estimate of drug-likeness (QED) is 0.658. The largest absolute Gasteiger partial charge is 0.486 e. The lowest BCUT2D eigenvalue weighted by Gasteiger charge is -2.26. The fourth-order valence-corrected chi connectivity index (χ4v) is 2.81. The fourth-order valence-electron chi connectivity index (χ4n) is 2.81. The minimum absolute atomic E-state index is 0.0701. The van der Waals surface area contributed by atoms with Gasteiger partial charge in [0, 0.05) is 6.07 Å². The smallest absolute Gasteiger partial charge is 0.292 e. The van der Waals surface area contributed by atoms with Crippen LogP contribution < -0.4 is 14.8 Å². The number of nitro groups is 1. The molecule has 24 heavy (non-hydrogen) atoms. The van der Waals surface area contributed by atoms with E-state index >= 15 is 0 Å². The highest BCUT2D eigenvalue weighted by molar-refractivity contribution is 5.62. The molecule has 0 aromatic heterocycles. The highest BCUT2D eigenvalue weighted by Gasteiger charge is 2.22. The predicted molar refractivity (Wildman–Crippen MR) is 91.7 cm³/mol. The first-order chi connectivity index (χ1) is 11.6. The summed E-state index contributed by atoms with van der Waals surface area (Å²) in [5.41, 5.74) is 1.59. The van der Waals surface area contributed by atoms with Crippen molar-refractivity contribution in [1.29, 1.82) is 0 Å². The SMILES string of the molecule is CC(C)C(Nc1ccccc1[N+](=O)[O-])c1ccc2c(c1)OCCO2.